The van der Waals surface area contributed by atoms with Gasteiger partial charge in [-0.05, 0) is 29.0 Å². The van der Waals surface area contributed by atoms with Crippen LogP contribution in [0.25, 0.3) is 0 Å². The van der Waals surface area contributed by atoms with Crippen molar-refractivity contribution >= 4 is 23.2 Å². The van der Waals surface area contributed by atoms with Crippen LogP contribution in [0.2, 0.25) is 0 Å². The van der Waals surface area contributed by atoms with Crippen molar-refractivity contribution in [2.24, 2.45) is 0 Å². The molecule has 0 saturated carbocycles. The number of amides is 2. The second-order valence-corrected chi connectivity index (χ2v) is 7.82. The molecule has 2 aromatic rings. The van der Waals surface area contributed by atoms with Gasteiger partial charge in [-0.25, -0.2) is 0 Å². The summed E-state index contributed by atoms with van der Waals surface area (Å²) in [5.41, 5.74) is 2.69. The number of rotatable bonds is 8. The summed E-state index contributed by atoms with van der Waals surface area (Å²) in [6.45, 7) is 2.21. The summed E-state index contributed by atoms with van der Waals surface area (Å²) in [6, 6.07) is 12.6. The molecule has 0 spiro atoms. The lowest BCUT2D eigenvalue weighted by molar-refractivity contribution is -0.141. The predicted molar refractivity (Wildman–Crippen MR) is 111 cm³/mol. The second-order valence-electron chi connectivity index (χ2n) is 6.84. The zero-order valence-electron chi connectivity index (χ0n) is 16.7. The predicted octanol–water partition coefficient (Wildman–Crippen LogP) is 1.70. The van der Waals surface area contributed by atoms with E-state index in [0.29, 0.717) is 6.54 Å². The Labute approximate surface area is 175 Å². The summed E-state index contributed by atoms with van der Waals surface area (Å²) in [4.78, 5) is 27.9. The maximum atomic E-state index is 12.3. The molecule has 0 saturated heterocycles. The molecule has 2 amide bonds. The Hall–Kier alpha value is -2.26. The van der Waals surface area contributed by atoms with Gasteiger partial charge in [0.1, 0.15) is 0 Å². The van der Waals surface area contributed by atoms with Gasteiger partial charge in [0.2, 0.25) is 0 Å². The quantitative estimate of drug-likeness (QED) is 0.505. The SMILES string of the molecule is COC(CNC(=O)C(=O)NC[C@H](c1cccs1)N1CCc2ccccc2C1)OC. The fourth-order valence-corrected chi connectivity index (χ4v) is 4.32. The maximum absolute atomic E-state index is 12.3. The molecule has 1 aliphatic rings. The van der Waals surface area contributed by atoms with Gasteiger partial charge in [-0.2, -0.15) is 0 Å². The summed E-state index contributed by atoms with van der Waals surface area (Å²) in [5.74, 6) is -1.35. The lowest BCUT2D eigenvalue weighted by atomic mass is 9.98. The first-order valence-corrected chi connectivity index (χ1v) is 10.5. The molecule has 3 rings (SSSR count). The highest BCUT2D eigenvalue weighted by Crippen LogP contribution is 2.29. The molecule has 0 radical (unpaired) electrons. The molecule has 1 aromatic carbocycles. The highest BCUT2D eigenvalue weighted by Gasteiger charge is 2.26. The Morgan fingerprint density at radius 1 is 1.03 bits per heavy atom. The standard InChI is InChI=1S/C21H27N3O4S/c1-27-19(28-2)13-23-21(26)20(25)22-12-17(18-8-5-11-29-18)24-10-9-15-6-3-4-7-16(15)14-24/h3-8,11,17,19H,9-10,12-14H2,1-2H3,(H,22,25)(H,23,26)/t17-/m1/s1. The zero-order chi connectivity index (χ0) is 20.6. The largest absolute Gasteiger partial charge is 0.354 e. The molecule has 29 heavy (non-hydrogen) atoms. The van der Waals surface area contributed by atoms with Crippen LogP contribution in [0, 0.1) is 0 Å². The molecule has 0 aliphatic carbocycles. The molecule has 1 aliphatic heterocycles. The molecule has 1 aromatic heterocycles. The van der Waals surface area contributed by atoms with E-state index in [-0.39, 0.29) is 12.6 Å². The monoisotopic (exact) mass is 417 g/mol. The average molecular weight is 418 g/mol. The van der Waals surface area contributed by atoms with Crippen LogP contribution >= 0.6 is 11.3 Å². The third-order valence-corrected chi connectivity index (χ3v) is 6.06. The topological polar surface area (TPSA) is 79.9 Å². The second kappa shape index (κ2) is 10.5. The van der Waals surface area contributed by atoms with Crippen molar-refractivity contribution in [2.45, 2.75) is 25.3 Å². The normalized spacial score (nSPS) is 15.0. The average Bonchev–Trinajstić information content (AvgIpc) is 3.28. The Morgan fingerprint density at radius 2 is 1.72 bits per heavy atom. The Balaban J connectivity index is 1.61. The van der Waals surface area contributed by atoms with E-state index < -0.39 is 18.1 Å². The molecular formula is C21H27N3O4S. The molecule has 0 unspecified atom stereocenters. The molecular weight excluding hydrogens is 390 g/mol. The molecule has 2 heterocycles. The van der Waals surface area contributed by atoms with E-state index in [9.17, 15) is 9.59 Å². The number of fused-ring (bicyclic) bond motifs is 1. The van der Waals surface area contributed by atoms with Crippen molar-refractivity contribution in [3.63, 3.8) is 0 Å². The van der Waals surface area contributed by atoms with Gasteiger partial charge < -0.3 is 20.1 Å². The summed E-state index contributed by atoms with van der Waals surface area (Å²) in [5, 5.41) is 7.34. The van der Waals surface area contributed by atoms with Crippen LogP contribution in [-0.2, 0) is 32.0 Å². The van der Waals surface area contributed by atoms with Crippen LogP contribution in [0.15, 0.2) is 41.8 Å². The van der Waals surface area contributed by atoms with E-state index in [1.165, 1.54) is 30.2 Å². The van der Waals surface area contributed by atoms with Gasteiger partial charge in [0.25, 0.3) is 0 Å². The van der Waals surface area contributed by atoms with E-state index in [2.05, 4.69) is 45.9 Å². The number of methoxy groups -OCH3 is 2. The van der Waals surface area contributed by atoms with E-state index in [1.54, 1.807) is 11.3 Å². The van der Waals surface area contributed by atoms with Crippen molar-refractivity contribution < 1.29 is 19.1 Å². The van der Waals surface area contributed by atoms with Crippen LogP contribution in [0.3, 0.4) is 0 Å². The van der Waals surface area contributed by atoms with E-state index in [0.717, 1.165) is 19.5 Å². The highest BCUT2D eigenvalue weighted by atomic mass is 32.1. The van der Waals surface area contributed by atoms with Crippen LogP contribution in [0.4, 0.5) is 0 Å². The number of benzene rings is 1. The summed E-state index contributed by atoms with van der Waals surface area (Å²) in [6.07, 6.45) is 0.390. The highest BCUT2D eigenvalue weighted by molar-refractivity contribution is 7.10. The number of hydrogen-bond acceptors (Lipinski definition) is 6. The van der Waals surface area contributed by atoms with Crippen molar-refractivity contribution in [1.82, 2.24) is 15.5 Å². The third-order valence-electron chi connectivity index (χ3n) is 5.09. The maximum Gasteiger partial charge on any atom is 0.309 e. The zero-order valence-corrected chi connectivity index (χ0v) is 17.5. The van der Waals surface area contributed by atoms with Gasteiger partial charge in [-0.3, -0.25) is 14.5 Å². The number of carbonyl (C=O) groups is 2. The van der Waals surface area contributed by atoms with Gasteiger partial charge in [0.15, 0.2) is 6.29 Å². The Bertz CT molecular complexity index is 808. The van der Waals surface area contributed by atoms with Crippen molar-refractivity contribution in [2.75, 3.05) is 33.9 Å². The van der Waals surface area contributed by atoms with Gasteiger partial charge in [-0.1, -0.05) is 30.3 Å². The van der Waals surface area contributed by atoms with Gasteiger partial charge in [-0.15, -0.1) is 11.3 Å². The van der Waals surface area contributed by atoms with Crippen LogP contribution in [0.5, 0.6) is 0 Å². The minimum Gasteiger partial charge on any atom is -0.354 e. The third kappa shape index (κ3) is 5.63. The minimum absolute atomic E-state index is 0.0193. The molecule has 1 atom stereocenters. The van der Waals surface area contributed by atoms with Gasteiger partial charge >= 0.3 is 11.8 Å². The number of nitrogens with zero attached hydrogens (tertiary/aromatic N) is 1. The first-order chi connectivity index (χ1) is 14.1. The van der Waals surface area contributed by atoms with Crippen LogP contribution in [0.1, 0.15) is 22.0 Å². The van der Waals surface area contributed by atoms with Crippen LogP contribution in [-0.4, -0.2) is 56.9 Å². The molecule has 2 N–H and O–H groups in total. The van der Waals surface area contributed by atoms with E-state index in [1.807, 2.05) is 11.4 Å². The number of nitrogens with one attached hydrogen (secondary N) is 2. The fourth-order valence-electron chi connectivity index (χ4n) is 3.46. The molecule has 0 bridgehead atoms. The molecule has 8 heteroatoms. The van der Waals surface area contributed by atoms with E-state index in [4.69, 9.17) is 9.47 Å². The van der Waals surface area contributed by atoms with Gasteiger partial charge in [0.05, 0.1) is 12.6 Å². The first kappa shape index (κ1) is 21.4. The van der Waals surface area contributed by atoms with Crippen LogP contribution < -0.4 is 10.6 Å². The summed E-state index contributed by atoms with van der Waals surface area (Å²) >= 11 is 1.66. The Morgan fingerprint density at radius 3 is 2.38 bits per heavy atom. The minimum atomic E-state index is -0.696. The molecule has 7 nitrogen and oxygen atoms in total. The van der Waals surface area contributed by atoms with Crippen molar-refractivity contribution in [1.29, 1.82) is 0 Å². The van der Waals surface area contributed by atoms with Crippen molar-refractivity contribution in [3.8, 4) is 0 Å². The van der Waals surface area contributed by atoms with E-state index >= 15 is 0 Å². The smallest absolute Gasteiger partial charge is 0.309 e. The van der Waals surface area contributed by atoms with Gasteiger partial charge in [0, 0.05) is 38.7 Å². The Kier molecular flexibility index (Phi) is 7.76. The number of ether oxygens (including phenoxy) is 2. The molecule has 0 fully saturated rings. The number of hydrogen-bond donors (Lipinski definition) is 2. The first-order valence-electron chi connectivity index (χ1n) is 9.58. The lowest BCUT2D eigenvalue weighted by Crippen LogP contribution is -2.46. The fraction of sp³-hybridized carbons (Fsp3) is 0.429. The molecule has 156 valence electrons. The number of carbonyl (C=O) groups excluding carboxylic acids is 2. The summed E-state index contributed by atoms with van der Waals surface area (Å²) < 4.78 is 10.0. The van der Waals surface area contributed by atoms with Crippen molar-refractivity contribution in [3.05, 3.63) is 57.8 Å². The number of thiophene rings is 1. The summed E-state index contributed by atoms with van der Waals surface area (Å²) in [7, 11) is 2.95. The lowest BCUT2D eigenvalue weighted by Gasteiger charge is -2.35.